The van der Waals surface area contributed by atoms with Crippen LogP contribution in [0.15, 0.2) is 67.1 Å². The van der Waals surface area contributed by atoms with Crippen LogP contribution in [0.3, 0.4) is 0 Å². The molecule has 5 aromatic rings. The maximum Gasteiger partial charge on any atom is 0.252 e. The standard InChI is InChI=1S/C27H24FN5O/c1-27(2)13-18(14-27)23-12-21(6-7-22(23)25-9-10-29-26-30-16-31-33(25)26)34-15-20-5-3-17-11-19(28)4-8-24(17)32-20/h3-12,16,18H,13-15H2,1-2H3. The predicted octanol–water partition coefficient (Wildman–Crippen LogP) is 5.96. The summed E-state index contributed by atoms with van der Waals surface area (Å²) in [6.45, 7) is 4.95. The van der Waals surface area contributed by atoms with Gasteiger partial charge in [-0.15, -0.1) is 0 Å². The number of nitrogens with zero attached hydrogens (tertiary/aromatic N) is 5. The molecule has 0 unspecified atom stereocenters. The van der Waals surface area contributed by atoms with Crippen LogP contribution in [0.1, 0.15) is 43.9 Å². The van der Waals surface area contributed by atoms with Crippen molar-refractivity contribution >= 4 is 16.7 Å². The number of rotatable bonds is 5. The van der Waals surface area contributed by atoms with Crippen LogP contribution in [0.4, 0.5) is 4.39 Å². The van der Waals surface area contributed by atoms with Crippen LogP contribution in [0, 0.1) is 11.2 Å². The molecule has 170 valence electrons. The summed E-state index contributed by atoms with van der Waals surface area (Å²) in [5.74, 6) is 1.57. The lowest BCUT2D eigenvalue weighted by Gasteiger charge is -2.43. The van der Waals surface area contributed by atoms with Gasteiger partial charge in [0.2, 0.25) is 0 Å². The smallest absolute Gasteiger partial charge is 0.252 e. The average Bonchev–Trinajstić information content (AvgIpc) is 3.30. The van der Waals surface area contributed by atoms with Gasteiger partial charge in [0, 0.05) is 17.1 Å². The van der Waals surface area contributed by atoms with Gasteiger partial charge in [0.25, 0.3) is 5.78 Å². The van der Waals surface area contributed by atoms with Gasteiger partial charge in [0.1, 0.15) is 24.5 Å². The van der Waals surface area contributed by atoms with E-state index in [0.717, 1.165) is 46.4 Å². The van der Waals surface area contributed by atoms with Crippen LogP contribution < -0.4 is 4.74 Å². The summed E-state index contributed by atoms with van der Waals surface area (Å²) >= 11 is 0. The van der Waals surface area contributed by atoms with E-state index < -0.39 is 0 Å². The van der Waals surface area contributed by atoms with E-state index in [-0.39, 0.29) is 5.82 Å². The zero-order chi connectivity index (χ0) is 23.3. The molecule has 0 radical (unpaired) electrons. The molecule has 0 aliphatic heterocycles. The lowest BCUT2D eigenvalue weighted by molar-refractivity contribution is 0.151. The Hall–Kier alpha value is -3.87. The zero-order valence-corrected chi connectivity index (χ0v) is 19.1. The van der Waals surface area contributed by atoms with Crippen LogP contribution in [0.5, 0.6) is 5.75 Å². The molecule has 0 amide bonds. The molecular formula is C27H24FN5O. The van der Waals surface area contributed by atoms with Gasteiger partial charge in [-0.05, 0) is 78.3 Å². The van der Waals surface area contributed by atoms with Gasteiger partial charge in [-0.2, -0.15) is 14.6 Å². The molecule has 7 heteroatoms. The van der Waals surface area contributed by atoms with E-state index in [1.165, 1.54) is 24.0 Å². The molecule has 3 aromatic heterocycles. The Labute approximate surface area is 196 Å². The first-order valence-corrected chi connectivity index (χ1v) is 11.4. The molecule has 0 bridgehead atoms. The highest BCUT2D eigenvalue weighted by atomic mass is 19.1. The summed E-state index contributed by atoms with van der Waals surface area (Å²) in [6, 6.07) is 16.6. The average molecular weight is 454 g/mol. The molecule has 1 aliphatic carbocycles. The fourth-order valence-electron chi connectivity index (χ4n) is 5.01. The van der Waals surface area contributed by atoms with Crippen molar-refractivity contribution in [1.29, 1.82) is 0 Å². The molecule has 3 heterocycles. The quantitative estimate of drug-likeness (QED) is 0.328. The summed E-state index contributed by atoms with van der Waals surface area (Å²) in [4.78, 5) is 13.1. The summed E-state index contributed by atoms with van der Waals surface area (Å²) in [6.07, 6.45) is 5.55. The number of benzene rings is 2. The number of hydrogen-bond acceptors (Lipinski definition) is 5. The SMILES string of the molecule is CC1(C)CC(c2cc(OCc3ccc4cc(F)ccc4n3)ccc2-c2ccnc3ncnn23)C1. The molecule has 6 nitrogen and oxygen atoms in total. The van der Waals surface area contributed by atoms with Crippen molar-refractivity contribution in [2.45, 2.75) is 39.2 Å². The van der Waals surface area contributed by atoms with Crippen molar-refractivity contribution in [3.63, 3.8) is 0 Å². The van der Waals surface area contributed by atoms with Gasteiger partial charge >= 0.3 is 0 Å². The molecule has 0 spiro atoms. The number of ether oxygens (including phenoxy) is 1. The van der Waals surface area contributed by atoms with Crippen molar-refractivity contribution in [1.82, 2.24) is 24.6 Å². The highest BCUT2D eigenvalue weighted by Gasteiger charge is 2.38. The van der Waals surface area contributed by atoms with Gasteiger partial charge in [0.05, 0.1) is 16.9 Å². The summed E-state index contributed by atoms with van der Waals surface area (Å²) in [7, 11) is 0. The third-order valence-corrected chi connectivity index (χ3v) is 6.61. The topological polar surface area (TPSA) is 65.2 Å². The molecule has 1 saturated carbocycles. The van der Waals surface area contributed by atoms with Crippen LogP contribution in [0.2, 0.25) is 0 Å². The van der Waals surface area contributed by atoms with Gasteiger partial charge in [0.15, 0.2) is 0 Å². The molecule has 1 fully saturated rings. The summed E-state index contributed by atoms with van der Waals surface area (Å²) in [5, 5.41) is 5.15. The second-order valence-corrected chi connectivity index (χ2v) is 9.75. The fourth-order valence-corrected chi connectivity index (χ4v) is 5.01. The Morgan fingerprint density at radius 3 is 2.76 bits per heavy atom. The number of fused-ring (bicyclic) bond motifs is 2. The third-order valence-electron chi connectivity index (χ3n) is 6.61. The lowest BCUT2D eigenvalue weighted by Crippen LogP contribution is -2.30. The van der Waals surface area contributed by atoms with E-state index in [1.807, 2.05) is 24.3 Å². The summed E-state index contributed by atoms with van der Waals surface area (Å²) in [5.41, 5.74) is 5.24. The summed E-state index contributed by atoms with van der Waals surface area (Å²) < 4.78 is 21.4. The highest BCUT2D eigenvalue weighted by Crippen LogP contribution is 2.52. The van der Waals surface area contributed by atoms with Crippen molar-refractivity contribution in [3.05, 3.63) is 84.2 Å². The molecule has 6 rings (SSSR count). The molecule has 0 saturated heterocycles. The normalized spacial score (nSPS) is 15.5. The lowest BCUT2D eigenvalue weighted by atomic mass is 9.61. The molecule has 0 N–H and O–H groups in total. The van der Waals surface area contributed by atoms with Crippen molar-refractivity contribution in [3.8, 4) is 17.0 Å². The Morgan fingerprint density at radius 2 is 1.91 bits per heavy atom. The maximum atomic E-state index is 13.4. The minimum absolute atomic E-state index is 0.262. The molecule has 34 heavy (non-hydrogen) atoms. The maximum absolute atomic E-state index is 13.4. The predicted molar refractivity (Wildman–Crippen MR) is 128 cm³/mol. The number of hydrogen-bond donors (Lipinski definition) is 0. The van der Waals surface area contributed by atoms with Crippen LogP contribution in [-0.4, -0.2) is 24.6 Å². The van der Waals surface area contributed by atoms with Crippen molar-refractivity contribution in [2.75, 3.05) is 0 Å². The van der Waals surface area contributed by atoms with E-state index >= 15 is 0 Å². The Morgan fingerprint density at radius 1 is 1.03 bits per heavy atom. The molecule has 0 atom stereocenters. The van der Waals surface area contributed by atoms with E-state index in [0.29, 0.717) is 23.7 Å². The van der Waals surface area contributed by atoms with E-state index in [2.05, 4.69) is 46.0 Å². The monoisotopic (exact) mass is 453 g/mol. The fraction of sp³-hybridized carbons (Fsp3) is 0.259. The Balaban J connectivity index is 1.32. The zero-order valence-electron chi connectivity index (χ0n) is 19.1. The van der Waals surface area contributed by atoms with Gasteiger partial charge in [-0.25, -0.2) is 14.4 Å². The largest absolute Gasteiger partial charge is 0.487 e. The molecular weight excluding hydrogens is 429 g/mol. The van der Waals surface area contributed by atoms with Crippen molar-refractivity contribution < 1.29 is 9.13 Å². The number of halogens is 1. The van der Waals surface area contributed by atoms with Crippen LogP contribution >= 0.6 is 0 Å². The highest BCUT2D eigenvalue weighted by molar-refractivity contribution is 5.78. The van der Waals surface area contributed by atoms with Crippen LogP contribution in [0.25, 0.3) is 27.9 Å². The minimum Gasteiger partial charge on any atom is -0.487 e. The van der Waals surface area contributed by atoms with E-state index in [9.17, 15) is 4.39 Å². The first kappa shape index (κ1) is 20.7. The van der Waals surface area contributed by atoms with E-state index in [1.54, 1.807) is 16.8 Å². The van der Waals surface area contributed by atoms with Gasteiger partial charge in [-0.3, -0.25) is 0 Å². The van der Waals surface area contributed by atoms with Crippen molar-refractivity contribution in [2.24, 2.45) is 5.41 Å². The number of pyridine rings is 1. The Kier molecular flexibility index (Phi) is 4.79. The molecule has 1 aliphatic rings. The second-order valence-electron chi connectivity index (χ2n) is 9.75. The first-order chi connectivity index (χ1) is 16.4. The van der Waals surface area contributed by atoms with Gasteiger partial charge in [-0.1, -0.05) is 19.9 Å². The van der Waals surface area contributed by atoms with E-state index in [4.69, 9.17) is 4.74 Å². The first-order valence-electron chi connectivity index (χ1n) is 11.4. The van der Waals surface area contributed by atoms with Gasteiger partial charge < -0.3 is 4.74 Å². The second kappa shape index (κ2) is 7.87. The minimum atomic E-state index is -0.262. The van der Waals surface area contributed by atoms with Crippen LogP contribution in [-0.2, 0) is 6.61 Å². The third kappa shape index (κ3) is 3.77. The number of aromatic nitrogens is 5. The Bertz CT molecular complexity index is 1520. The molecule has 2 aromatic carbocycles.